The number of hydrogen-bond donors (Lipinski definition) is 9. The third-order valence-electron chi connectivity index (χ3n) is 3.21. The number of amides is 3. The van der Waals surface area contributed by atoms with Gasteiger partial charge in [0.15, 0.2) is 0 Å². The van der Waals surface area contributed by atoms with E-state index in [-0.39, 0.29) is 5.75 Å². The molecule has 0 fully saturated rings. The molecular weight excluding hydrogens is 372 g/mol. The number of aliphatic hydroxyl groups is 3. The van der Waals surface area contributed by atoms with Gasteiger partial charge in [-0.2, -0.15) is 12.6 Å². The van der Waals surface area contributed by atoms with Crippen molar-refractivity contribution in [1.29, 1.82) is 0 Å². The van der Waals surface area contributed by atoms with Crippen molar-refractivity contribution in [3.8, 4) is 0 Å². The van der Waals surface area contributed by atoms with Gasteiger partial charge in [-0.15, -0.1) is 0 Å². The number of nitrogens with two attached hydrogens (primary N) is 1. The zero-order chi connectivity index (χ0) is 20.4. The summed E-state index contributed by atoms with van der Waals surface area (Å²) in [7, 11) is 0. The second-order valence-corrected chi connectivity index (χ2v) is 5.71. The average molecular weight is 396 g/mol. The Bertz CT molecular complexity index is 518. The topological polar surface area (TPSA) is 211 Å². The highest BCUT2D eigenvalue weighted by Crippen LogP contribution is 1.98. The van der Waals surface area contributed by atoms with E-state index in [0.29, 0.717) is 0 Å². The van der Waals surface area contributed by atoms with E-state index in [1.807, 2.05) is 0 Å². The molecule has 0 bridgehead atoms. The molecule has 0 aliphatic rings. The van der Waals surface area contributed by atoms with Crippen LogP contribution in [0.15, 0.2) is 0 Å². The monoisotopic (exact) mass is 396 g/mol. The Morgan fingerprint density at radius 1 is 0.962 bits per heavy atom. The summed E-state index contributed by atoms with van der Waals surface area (Å²) >= 11 is 3.76. The fourth-order valence-electron chi connectivity index (χ4n) is 1.66. The number of hydrogen-bond acceptors (Lipinski definition) is 9. The van der Waals surface area contributed by atoms with E-state index in [0.717, 1.165) is 0 Å². The van der Waals surface area contributed by atoms with Gasteiger partial charge in [0, 0.05) is 5.75 Å². The summed E-state index contributed by atoms with van der Waals surface area (Å²) in [5, 5.41) is 42.8. The van der Waals surface area contributed by atoms with E-state index in [9.17, 15) is 29.4 Å². The van der Waals surface area contributed by atoms with E-state index in [4.69, 9.17) is 15.9 Å². The fraction of sp³-hybridized carbons (Fsp3) is 0.692. The summed E-state index contributed by atoms with van der Waals surface area (Å²) in [4.78, 5) is 46.7. The average Bonchev–Trinajstić information content (AvgIpc) is 2.59. The van der Waals surface area contributed by atoms with Gasteiger partial charge in [-0.1, -0.05) is 0 Å². The van der Waals surface area contributed by atoms with Gasteiger partial charge in [0.1, 0.15) is 24.2 Å². The molecule has 0 aromatic heterocycles. The summed E-state index contributed by atoms with van der Waals surface area (Å²) in [6.45, 7) is -0.376. The molecule has 0 radical (unpaired) electrons. The van der Waals surface area contributed by atoms with Crippen molar-refractivity contribution in [3.05, 3.63) is 0 Å². The maximum Gasteiger partial charge on any atom is 0.327 e. The lowest BCUT2D eigenvalue weighted by atomic mass is 10.1. The van der Waals surface area contributed by atoms with Gasteiger partial charge in [0.05, 0.1) is 19.3 Å². The van der Waals surface area contributed by atoms with Crippen molar-refractivity contribution in [2.24, 2.45) is 5.73 Å². The number of rotatable bonds is 11. The molecule has 0 heterocycles. The first kappa shape index (κ1) is 24.1. The molecule has 3 amide bonds. The second-order valence-electron chi connectivity index (χ2n) is 5.34. The highest BCUT2D eigenvalue weighted by molar-refractivity contribution is 7.80. The standard InChI is InChI=1S/C13H24N4O8S/c1-5(20)9(17-10(21)6(14)2-18)12(23)15-7(3-19)11(22)16-8(4-26)13(24)25/h5-9,18-20,26H,2-4,14H2,1H3,(H,15,23)(H,16,22)(H,17,21)(H,24,25). The highest BCUT2D eigenvalue weighted by Gasteiger charge is 2.31. The minimum absolute atomic E-state index is 0.224. The Morgan fingerprint density at radius 3 is 1.88 bits per heavy atom. The van der Waals surface area contributed by atoms with Crippen LogP contribution in [0.25, 0.3) is 0 Å². The Hall–Kier alpha value is -1.93. The zero-order valence-electron chi connectivity index (χ0n) is 14.0. The second kappa shape index (κ2) is 11.6. The first-order chi connectivity index (χ1) is 12.1. The van der Waals surface area contributed by atoms with Crippen molar-refractivity contribution in [2.75, 3.05) is 19.0 Å². The van der Waals surface area contributed by atoms with E-state index in [1.54, 1.807) is 0 Å². The Kier molecular flexibility index (Phi) is 10.8. The Labute approximate surface area is 154 Å². The lowest BCUT2D eigenvalue weighted by molar-refractivity contribution is -0.142. The molecule has 0 aliphatic carbocycles. The summed E-state index contributed by atoms with van der Waals surface area (Å²) in [5.74, 6) is -4.52. The summed E-state index contributed by atoms with van der Waals surface area (Å²) < 4.78 is 0. The van der Waals surface area contributed by atoms with Gasteiger partial charge >= 0.3 is 5.97 Å². The minimum Gasteiger partial charge on any atom is -0.480 e. The van der Waals surface area contributed by atoms with Crippen LogP contribution in [0.5, 0.6) is 0 Å². The maximum atomic E-state index is 12.2. The van der Waals surface area contributed by atoms with Crippen LogP contribution in [0.2, 0.25) is 0 Å². The first-order valence-electron chi connectivity index (χ1n) is 7.49. The van der Waals surface area contributed by atoms with Gasteiger partial charge in [-0.25, -0.2) is 4.79 Å². The number of nitrogens with one attached hydrogen (secondary N) is 3. The number of aliphatic hydroxyl groups excluding tert-OH is 3. The van der Waals surface area contributed by atoms with Gasteiger partial charge in [-0.05, 0) is 6.92 Å². The molecule has 9 N–H and O–H groups in total. The predicted octanol–water partition coefficient (Wildman–Crippen LogP) is -4.85. The predicted molar refractivity (Wildman–Crippen MR) is 91.1 cm³/mol. The van der Waals surface area contributed by atoms with Crippen LogP contribution in [-0.2, 0) is 19.2 Å². The van der Waals surface area contributed by atoms with E-state index in [2.05, 4.69) is 28.6 Å². The van der Waals surface area contributed by atoms with Crippen LogP contribution in [0.1, 0.15) is 6.92 Å². The molecule has 0 saturated heterocycles. The van der Waals surface area contributed by atoms with Crippen molar-refractivity contribution >= 4 is 36.3 Å². The Morgan fingerprint density at radius 2 is 1.50 bits per heavy atom. The lowest BCUT2D eigenvalue weighted by Gasteiger charge is -2.25. The molecule has 0 rings (SSSR count). The van der Waals surface area contributed by atoms with Crippen molar-refractivity contribution in [2.45, 2.75) is 37.2 Å². The van der Waals surface area contributed by atoms with E-state index >= 15 is 0 Å². The molecule has 26 heavy (non-hydrogen) atoms. The number of carboxylic acids is 1. The molecule has 150 valence electrons. The van der Waals surface area contributed by atoms with Crippen LogP contribution >= 0.6 is 12.6 Å². The van der Waals surface area contributed by atoms with Gasteiger partial charge in [0.2, 0.25) is 17.7 Å². The summed E-state index contributed by atoms with van der Waals surface area (Å²) in [5.41, 5.74) is 5.30. The first-order valence-corrected chi connectivity index (χ1v) is 8.12. The number of thiol groups is 1. The molecule has 12 nitrogen and oxygen atoms in total. The van der Waals surface area contributed by atoms with Crippen LogP contribution in [0, 0.1) is 0 Å². The van der Waals surface area contributed by atoms with E-state index < -0.39 is 67.2 Å². The highest BCUT2D eigenvalue weighted by atomic mass is 32.1. The molecule has 0 spiro atoms. The van der Waals surface area contributed by atoms with Crippen LogP contribution in [-0.4, -0.2) is 93.4 Å². The fourth-order valence-corrected chi connectivity index (χ4v) is 1.91. The number of carboxylic acid groups (broad SMARTS) is 1. The molecule has 0 aromatic rings. The van der Waals surface area contributed by atoms with Crippen molar-refractivity contribution in [3.63, 3.8) is 0 Å². The van der Waals surface area contributed by atoms with Gasteiger partial charge < -0.3 is 42.1 Å². The molecule has 0 saturated carbocycles. The molecule has 5 unspecified atom stereocenters. The molecule has 0 aliphatic heterocycles. The maximum absolute atomic E-state index is 12.2. The van der Waals surface area contributed by atoms with Crippen LogP contribution in [0.3, 0.4) is 0 Å². The summed E-state index contributed by atoms with van der Waals surface area (Å²) in [6, 6.07) is -5.73. The third kappa shape index (κ3) is 7.53. The Balaban J connectivity index is 5.04. The normalized spacial score (nSPS) is 16.5. The largest absolute Gasteiger partial charge is 0.480 e. The SMILES string of the molecule is CC(O)C(NC(=O)C(N)CO)C(=O)NC(CO)C(=O)NC(CS)C(=O)O. The van der Waals surface area contributed by atoms with Crippen LogP contribution in [0.4, 0.5) is 0 Å². The van der Waals surface area contributed by atoms with Gasteiger partial charge in [-0.3, -0.25) is 14.4 Å². The molecule has 13 heteroatoms. The molecular formula is C13H24N4O8S. The van der Waals surface area contributed by atoms with Crippen LogP contribution < -0.4 is 21.7 Å². The number of carbonyl (C=O) groups is 4. The van der Waals surface area contributed by atoms with Crippen molar-refractivity contribution in [1.82, 2.24) is 16.0 Å². The third-order valence-corrected chi connectivity index (χ3v) is 3.57. The van der Waals surface area contributed by atoms with Gasteiger partial charge in [0.25, 0.3) is 0 Å². The minimum atomic E-state index is -1.53. The number of aliphatic carboxylic acids is 1. The van der Waals surface area contributed by atoms with Crippen molar-refractivity contribution < 1.29 is 39.6 Å². The zero-order valence-corrected chi connectivity index (χ0v) is 14.8. The molecule has 0 aromatic carbocycles. The van der Waals surface area contributed by atoms with E-state index in [1.165, 1.54) is 6.92 Å². The smallest absolute Gasteiger partial charge is 0.327 e. The lowest BCUT2D eigenvalue weighted by Crippen LogP contribution is -2.60. The number of carbonyl (C=O) groups excluding carboxylic acids is 3. The quantitative estimate of drug-likeness (QED) is 0.153. The molecule has 5 atom stereocenters. The summed E-state index contributed by atoms with van der Waals surface area (Å²) in [6.07, 6.45) is -1.39.